The largest absolute Gasteiger partial charge is 0.342 e. The van der Waals surface area contributed by atoms with Crippen molar-refractivity contribution in [2.45, 2.75) is 64.7 Å². The van der Waals surface area contributed by atoms with Gasteiger partial charge >= 0.3 is 0 Å². The number of rotatable bonds is 3. The first-order valence-electron chi connectivity index (χ1n) is 9.16. The zero-order valence-corrected chi connectivity index (χ0v) is 14.0. The van der Waals surface area contributed by atoms with Gasteiger partial charge in [-0.25, -0.2) is 0 Å². The monoisotopic (exact) mass is 306 g/mol. The number of likely N-dealkylation sites (tertiary alicyclic amines) is 2. The third-order valence-corrected chi connectivity index (χ3v) is 6.16. The average Bonchev–Trinajstić information content (AvgIpc) is 2.95. The predicted molar refractivity (Wildman–Crippen MR) is 86.3 cm³/mol. The fourth-order valence-electron chi connectivity index (χ4n) is 4.70. The van der Waals surface area contributed by atoms with Crippen LogP contribution < -0.4 is 0 Å². The van der Waals surface area contributed by atoms with Crippen molar-refractivity contribution in [1.82, 2.24) is 9.80 Å². The maximum atomic E-state index is 13.0. The highest BCUT2D eigenvalue weighted by molar-refractivity contribution is 5.85. The SMILES string of the molecule is CC(=O)N1CC[C@@]2(CCCN(CCC3CCCCC3)C2=O)C1. The standard InChI is InChI=1S/C18H30N2O2/c1-15(21)20-13-10-18(14-20)9-5-11-19(17(18)22)12-8-16-6-3-2-4-7-16/h16H,2-14H2,1H3/t18-/m0/s1. The molecule has 1 atom stereocenters. The molecule has 2 aliphatic heterocycles. The van der Waals surface area contributed by atoms with Gasteiger partial charge in [0.1, 0.15) is 0 Å². The smallest absolute Gasteiger partial charge is 0.230 e. The highest BCUT2D eigenvalue weighted by Crippen LogP contribution is 2.40. The summed E-state index contributed by atoms with van der Waals surface area (Å²) in [4.78, 5) is 28.5. The van der Waals surface area contributed by atoms with Crippen molar-refractivity contribution >= 4 is 11.8 Å². The van der Waals surface area contributed by atoms with Crippen LogP contribution in [0, 0.1) is 11.3 Å². The first-order chi connectivity index (χ1) is 10.6. The van der Waals surface area contributed by atoms with Gasteiger partial charge in [-0.1, -0.05) is 32.1 Å². The quantitative estimate of drug-likeness (QED) is 0.804. The lowest BCUT2D eigenvalue weighted by atomic mass is 9.78. The molecule has 0 aromatic carbocycles. The minimum atomic E-state index is -0.253. The molecule has 2 amide bonds. The lowest BCUT2D eigenvalue weighted by molar-refractivity contribution is -0.146. The topological polar surface area (TPSA) is 40.6 Å². The number of carbonyl (C=O) groups is 2. The number of nitrogens with zero attached hydrogens (tertiary/aromatic N) is 2. The van der Waals surface area contributed by atoms with Crippen molar-refractivity contribution in [3.63, 3.8) is 0 Å². The summed E-state index contributed by atoms with van der Waals surface area (Å²) in [5.74, 6) is 1.28. The van der Waals surface area contributed by atoms with Crippen molar-refractivity contribution < 1.29 is 9.59 Å². The van der Waals surface area contributed by atoms with Gasteiger partial charge in [-0.05, 0) is 31.6 Å². The minimum Gasteiger partial charge on any atom is -0.342 e. The van der Waals surface area contributed by atoms with E-state index in [2.05, 4.69) is 4.90 Å². The molecular weight excluding hydrogens is 276 g/mol. The van der Waals surface area contributed by atoms with E-state index in [4.69, 9.17) is 0 Å². The van der Waals surface area contributed by atoms with E-state index >= 15 is 0 Å². The summed E-state index contributed by atoms with van der Waals surface area (Å²) in [6.45, 7) is 4.89. The normalized spacial score (nSPS) is 30.3. The van der Waals surface area contributed by atoms with Gasteiger partial charge in [-0.15, -0.1) is 0 Å². The summed E-state index contributed by atoms with van der Waals surface area (Å²) in [6.07, 6.45) is 11.0. The lowest BCUT2D eigenvalue weighted by Gasteiger charge is -2.40. The van der Waals surface area contributed by atoms with E-state index in [0.29, 0.717) is 12.5 Å². The van der Waals surface area contributed by atoms with Crippen LogP contribution in [0.3, 0.4) is 0 Å². The fraction of sp³-hybridized carbons (Fsp3) is 0.889. The van der Waals surface area contributed by atoms with Crippen LogP contribution in [0.15, 0.2) is 0 Å². The number of amides is 2. The van der Waals surface area contributed by atoms with Crippen LogP contribution in [0.25, 0.3) is 0 Å². The molecule has 1 spiro atoms. The summed E-state index contributed by atoms with van der Waals surface area (Å²) in [5.41, 5.74) is -0.253. The highest BCUT2D eigenvalue weighted by atomic mass is 16.2. The van der Waals surface area contributed by atoms with Gasteiger partial charge in [0.25, 0.3) is 0 Å². The van der Waals surface area contributed by atoms with E-state index in [1.807, 2.05) is 4.90 Å². The zero-order chi connectivity index (χ0) is 15.6. The first-order valence-corrected chi connectivity index (χ1v) is 9.16. The Kier molecular flexibility index (Phi) is 4.74. The van der Waals surface area contributed by atoms with Crippen molar-refractivity contribution in [2.75, 3.05) is 26.2 Å². The van der Waals surface area contributed by atoms with Gasteiger partial charge in [-0.2, -0.15) is 0 Å². The number of hydrogen-bond donors (Lipinski definition) is 0. The molecule has 0 bridgehead atoms. The summed E-state index contributed by atoms with van der Waals surface area (Å²) in [5, 5.41) is 0. The summed E-state index contributed by atoms with van der Waals surface area (Å²) in [7, 11) is 0. The van der Waals surface area contributed by atoms with E-state index in [1.54, 1.807) is 6.92 Å². The van der Waals surface area contributed by atoms with Crippen LogP contribution >= 0.6 is 0 Å². The van der Waals surface area contributed by atoms with E-state index in [9.17, 15) is 9.59 Å². The molecule has 1 aliphatic carbocycles. The summed E-state index contributed by atoms with van der Waals surface area (Å²) in [6, 6.07) is 0. The molecule has 0 N–H and O–H groups in total. The van der Waals surface area contributed by atoms with Gasteiger partial charge in [0.05, 0.1) is 5.41 Å². The third kappa shape index (κ3) is 3.16. The molecule has 0 radical (unpaired) electrons. The van der Waals surface area contributed by atoms with Gasteiger partial charge in [-0.3, -0.25) is 9.59 Å². The minimum absolute atomic E-state index is 0.115. The molecule has 3 aliphatic rings. The van der Waals surface area contributed by atoms with Crippen LogP contribution in [0.4, 0.5) is 0 Å². The molecule has 4 nitrogen and oxygen atoms in total. The van der Waals surface area contributed by atoms with Crippen LogP contribution in [-0.2, 0) is 9.59 Å². The molecule has 4 heteroatoms. The van der Waals surface area contributed by atoms with E-state index in [0.717, 1.165) is 44.8 Å². The molecule has 0 aromatic rings. The van der Waals surface area contributed by atoms with Gasteiger partial charge in [0.15, 0.2) is 0 Å². The van der Waals surface area contributed by atoms with Crippen LogP contribution in [0.5, 0.6) is 0 Å². The molecule has 22 heavy (non-hydrogen) atoms. The number of hydrogen-bond acceptors (Lipinski definition) is 2. The number of carbonyl (C=O) groups excluding carboxylic acids is 2. The average molecular weight is 306 g/mol. The zero-order valence-electron chi connectivity index (χ0n) is 14.0. The van der Waals surface area contributed by atoms with Crippen LogP contribution in [0.2, 0.25) is 0 Å². The Hall–Kier alpha value is -1.06. The Balaban J connectivity index is 1.57. The molecule has 124 valence electrons. The first kappa shape index (κ1) is 15.8. The maximum absolute atomic E-state index is 13.0. The van der Waals surface area contributed by atoms with E-state index < -0.39 is 0 Å². The van der Waals surface area contributed by atoms with Crippen LogP contribution in [0.1, 0.15) is 64.7 Å². The Morgan fingerprint density at radius 1 is 1.14 bits per heavy atom. The van der Waals surface area contributed by atoms with Crippen molar-refractivity contribution in [1.29, 1.82) is 0 Å². The second kappa shape index (κ2) is 6.59. The van der Waals surface area contributed by atoms with Crippen molar-refractivity contribution in [2.24, 2.45) is 11.3 Å². The molecule has 0 aromatic heterocycles. The van der Waals surface area contributed by atoms with E-state index in [1.165, 1.54) is 38.5 Å². The Morgan fingerprint density at radius 3 is 2.59 bits per heavy atom. The molecule has 3 fully saturated rings. The van der Waals surface area contributed by atoms with Gasteiger partial charge in [0.2, 0.25) is 11.8 Å². The molecule has 0 unspecified atom stereocenters. The van der Waals surface area contributed by atoms with Gasteiger partial charge < -0.3 is 9.80 Å². The maximum Gasteiger partial charge on any atom is 0.230 e. The molecule has 3 rings (SSSR count). The Labute approximate surface area is 134 Å². The second-order valence-electron chi connectivity index (χ2n) is 7.66. The van der Waals surface area contributed by atoms with Crippen molar-refractivity contribution in [3.05, 3.63) is 0 Å². The van der Waals surface area contributed by atoms with E-state index in [-0.39, 0.29) is 11.3 Å². The predicted octanol–water partition coefficient (Wildman–Crippen LogP) is 2.82. The second-order valence-corrected chi connectivity index (χ2v) is 7.66. The summed E-state index contributed by atoms with van der Waals surface area (Å²) < 4.78 is 0. The molecule has 1 saturated carbocycles. The Morgan fingerprint density at radius 2 is 1.91 bits per heavy atom. The van der Waals surface area contributed by atoms with Crippen LogP contribution in [-0.4, -0.2) is 47.8 Å². The summed E-state index contributed by atoms with van der Waals surface area (Å²) >= 11 is 0. The number of piperidine rings is 1. The third-order valence-electron chi connectivity index (χ3n) is 6.16. The molecule has 2 heterocycles. The highest BCUT2D eigenvalue weighted by Gasteiger charge is 2.48. The molecule has 2 saturated heterocycles. The molecular formula is C18H30N2O2. The Bertz CT molecular complexity index is 431. The lowest BCUT2D eigenvalue weighted by Crippen LogP contribution is -2.50. The van der Waals surface area contributed by atoms with Crippen molar-refractivity contribution in [3.8, 4) is 0 Å². The fourth-order valence-corrected chi connectivity index (χ4v) is 4.70. The van der Waals surface area contributed by atoms with Gasteiger partial charge in [0, 0.05) is 33.1 Å².